The van der Waals surface area contributed by atoms with Gasteiger partial charge in [-0.3, -0.25) is 4.79 Å². The molecule has 0 bridgehead atoms. The number of nitrogens with zero attached hydrogens (tertiary/aromatic N) is 5. The lowest BCUT2D eigenvalue weighted by Crippen LogP contribution is -2.47. The molecule has 2 aliphatic rings. The SMILES string of the molecule is CCOc1ncccc1-c1ccc(N2CC[C@@H](Oc3ccc(C(F)(F)F)cc3C#N)C[C@H]2CC)c(C(=O)N[C@@H]2CCN(C)C2)n1. The predicted molar refractivity (Wildman–Crippen MR) is 163 cm³/mol. The summed E-state index contributed by atoms with van der Waals surface area (Å²) in [6.07, 6.45) is -0.557. The molecule has 2 fully saturated rings. The summed E-state index contributed by atoms with van der Waals surface area (Å²) in [6, 6.07) is 12.2. The second-order valence-electron chi connectivity index (χ2n) is 11.4. The van der Waals surface area contributed by atoms with Gasteiger partial charge in [0, 0.05) is 44.2 Å². The number of anilines is 1. The lowest BCUT2D eigenvalue weighted by Gasteiger charge is -2.41. The zero-order valence-corrected chi connectivity index (χ0v) is 25.6. The van der Waals surface area contributed by atoms with E-state index in [1.807, 2.05) is 45.2 Å². The number of piperidine rings is 1. The topological polar surface area (TPSA) is 104 Å². The van der Waals surface area contributed by atoms with Crippen LogP contribution in [0.5, 0.6) is 11.6 Å². The van der Waals surface area contributed by atoms with E-state index in [1.165, 1.54) is 6.07 Å². The summed E-state index contributed by atoms with van der Waals surface area (Å²) >= 11 is 0. The van der Waals surface area contributed by atoms with Gasteiger partial charge in [0.05, 0.1) is 34.7 Å². The number of nitriles is 1. The maximum atomic E-state index is 13.8. The zero-order chi connectivity index (χ0) is 32.1. The molecule has 0 spiro atoms. The standard InChI is InChI=1S/C33H37F3N6O3/c1-4-24-18-25(45-29-11-8-22(33(34,35)36)17-21(29)19-37)13-16-42(24)28-10-9-27(26-7-6-14-38-32(26)44-5-2)40-30(28)31(43)39-23-12-15-41(3)20-23/h6-11,14,17,23-25H,4-5,12-13,15-16,18,20H2,1-3H3,(H,39,43)/t23-,24-,25-/m1/s1. The van der Waals surface area contributed by atoms with Gasteiger partial charge in [0.15, 0.2) is 5.69 Å². The van der Waals surface area contributed by atoms with Gasteiger partial charge in [0.2, 0.25) is 5.88 Å². The first-order valence-corrected chi connectivity index (χ1v) is 15.2. The van der Waals surface area contributed by atoms with E-state index < -0.39 is 11.7 Å². The van der Waals surface area contributed by atoms with Crippen molar-refractivity contribution >= 4 is 11.6 Å². The van der Waals surface area contributed by atoms with Crippen LogP contribution in [0.3, 0.4) is 0 Å². The molecular weight excluding hydrogens is 585 g/mol. The summed E-state index contributed by atoms with van der Waals surface area (Å²) in [5.41, 5.74) is 1.21. The van der Waals surface area contributed by atoms with Gasteiger partial charge in [-0.05, 0) is 75.8 Å². The first-order valence-electron chi connectivity index (χ1n) is 15.2. The van der Waals surface area contributed by atoms with Crippen LogP contribution in [0.1, 0.15) is 61.1 Å². The lowest BCUT2D eigenvalue weighted by atomic mass is 9.95. The van der Waals surface area contributed by atoms with Crippen LogP contribution in [0.25, 0.3) is 11.3 Å². The number of likely N-dealkylation sites (tertiary alicyclic amines) is 1. The van der Waals surface area contributed by atoms with E-state index in [0.717, 1.165) is 38.1 Å². The third-order valence-corrected chi connectivity index (χ3v) is 8.31. The summed E-state index contributed by atoms with van der Waals surface area (Å²) in [7, 11) is 2.02. The van der Waals surface area contributed by atoms with Crippen molar-refractivity contribution in [3.8, 4) is 29.0 Å². The van der Waals surface area contributed by atoms with E-state index in [0.29, 0.717) is 54.5 Å². The van der Waals surface area contributed by atoms with Crippen molar-refractivity contribution in [3.05, 3.63) is 65.5 Å². The molecule has 12 heteroatoms. The van der Waals surface area contributed by atoms with Gasteiger partial charge in [-0.25, -0.2) is 9.97 Å². The molecule has 1 amide bonds. The van der Waals surface area contributed by atoms with E-state index >= 15 is 0 Å². The van der Waals surface area contributed by atoms with Crippen LogP contribution in [-0.4, -0.2) is 72.3 Å². The van der Waals surface area contributed by atoms with E-state index in [1.54, 1.807) is 12.3 Å². The molecule has 2 aromatic heterocycles. The summed E-state index contributed by atoms with van der Waals surface area (Å²) in [5, 5.41) is 12.7. The number of rotatable bonds is 9. The number of hydrogen-bond donors (Lipinski definition) is 1. The Morgan fingerprint density at radius 3 is 2.67 bits per heavy atom. The molecule has 9 nitrogen and oxygen atoms in total. The fourth-order valence-electron chi connectivity index (χ4n) is 6.05. The fourth-order valence-corrected chi connectivity index (χ4v) is 6.05. The van der Waals surface area contributed by atoms with Crippen molar-refractivity contribution in [2.45, 2.75) is 63.9 Å². The minimum atomic E-state index is -4.55. The van der Waals surface area contributed by atoms with Crippen molar-refractivity contribution in [2.75, 3.05) is 38.2 Å². The average molecular weight is 623 g/mol. The number of likely N-dealkylation sites (N-methyl/N-ethyl adjacent to an activating group) is 1. The van der Waals surface area contributed by atoms with Crippen molar-refractivity contribution in [1.82, 2.24) is 20.2 Å². The summed E-state index contributed by atoms with van der Waals surface area (Å²) in [5.74, 6) is 0.312. The first kappa shape index (κ1) is 32.0. The van der Waals surface area contributed by atoms with Crippen LogP contribution >= 0.6 is 0 Å². The molecule has 0 radical (unpaired) electrons. The fraction of sp³-hybridized carbons (Fsp3) is 0.455. The highest BCUT2D eigenvalue weighted by molar-refractivity contribution is 5.99. The van der Waals surface area contributed by atoms with Gasteiger partial charge in [-0.2, -0.15) is 18.4 Å². The third-order valence-electron chi connectivity index (χ3n) is 8.31. The van der Waals surface area contributed by atoms with Crippen LogP contribution in [0.2, 0.25) is 0 Å². The molecule has 5 rings (SSSR count). The van der Waals surface area contributed by atoms with Crippen molar-refractivity contribution in [2.24, 2.45) is 0 Å². The monoisotopic (exact) mass is 622 g/mol. The van der Waals surface area contributed by atoms with E-state index in [4.69, 9.17) is 14.5 Å². The summed E-state index contributed by atoms with van der Waals surface area (Å²) in [4.78, 5) is 27.4. The Hall–Kier alpha value is -4.37. The number of amides is 1. The molecule has 0 unspecified atom stereocenters. The molecule has 1 N–H and O–H groups in total. The Balaban J connectivity index is 1.42. The Bertz CT molecular complexity index is 1560. The second-order valence-corrected chi connectivity index (χ2v) is 11.4. The summed E-state index contributed by atoms with van der Waals surface area (Å²) < 4.78 is 51.4. The van der Waals surface area contributed by atoms with Crippen LogP contribution < -0.4 is 19.7 Å². The van der Waals surface area contributed by atoms with Gasteiger partial charge in [0.1, 0.15) is 17.9 Å². The highest BCUT2D eigenvalue weighted by Gasteiger charge is 2.34. The van der Waals surface area contributed by atoms with Crippen LogP contribution in [0.4, 0.5) is 18.9 Å². The molecule has 238 valence electrons. The Labute approximate surface area is 261 Å². The highest BCUT2D eigenvalue weighted by Crippen LogP contribution is 2.36. The Morgan fingerprint density at radius 1 is 1.16 bits per heavy atom. The number of benzene rings is 1. The number of halogens is 3. The number of pyridine rings is 2. The third kappa shape index (κ3) is 7.31. The number of alkyl halides is 3. The number of carbonyl (C=O) groups is 1. The van der Waals surface area contributed by atoms with E-state index in [-0.39, 0.29) is 35.4 Å². The predicted octanol–water partition coefficient (Wildman–Crippen LogP) is 5.69. The second kappa shape index (κ2) is 13.7. The molecule has 1 aromatic carbocycles. The molecule has 2 aliphatic heterocycles. The van der Waals surface area contributed by atoms with E-state index in [2.05, 4.69) is 20.1 Å². The lowest BCUT2D eigenvalue weighted by molar-refractivity contribution is -0.137. The van der Waals surface area contributed by atoms with Gasteiger partial charge >= 0.3 is 6.18 Å². The van der Waals surface area contributed by atoms with Gasteiger partial charge in [-0.15, -0.1) is 0 Å². The average Bonchev–Trinajstić information content (AvgIpc) is 3.44. The highest BCUT2D eigenvalue weighted by atomic mass is 19.4. The normalized spacial score (nSPS) is 20.5. The first-order chi connectivity index (χ1) is 21.6. The largest absolute Gasteiger partial charge is 0.489 e. The van der Waals surface area contributed by atoms with Crippen LogP contribution in [-0.2, 0) is 6.18 Å². The molecular formula is C33H37F3N6O3. The van der Waals surface area contributed by atoms with Gasteiger partial charge in [0.25, 0.3) is 5.91 Å². The number of ether oxygens (including phenoxy) is 2. The number of aromatic nitrogens is 2. The minimum Gasteiger partial charge on any atom is -0.489 e. The van der Waals surface area contributed by atoms with Gasteiger partial charge in [-0.1, -0.05) is 6.92 Å². The zero-order valence-electron chi connectivity index (χ0n) is 25.6. The van der Waals surface area contributed by atoms with Crippen molar-refractivity contribution in [3.63, 3.8) is 0 Å². The molecule has 4 heterocycles. The minimum absolute atomic E-state index is 0.0114. The molecule has 3 aromatic rings. The number of hydrogen-bond acceptors (Lipinski definition) is 8. The number of carbonyl (C=O) groups excluding carboxylic acids is 1. The molecule has 0 aliphatic carbocycles. The van der Waals surface area contributed by atoms with E-state index in [9.17, 15) is 23.2 Å². The smallest absolute Gasteiger partial charge is 0.416 e. The van der Waals surface area contributed by atoms with Crippen molar-refractivity contribution < 1.29 is 27.4 Å². The summed E-state index contributed by atoms with van der Waals surface area (Å²) in [6.45, 7) is 6.53. The van der Waals surface area contributed by atoms with Crippen LogP contribution in [0.15, 0.2) is 48.7 Å². The van der Waals surface area contributed by atoms with Crippen LogP contribution in [0, 0.1) is 11.3 Å². The molecule has 2 saturated heterocycles. The van der Waals surface area contributed by atoms with Crippen molar-refractivity contribution in [1.29, 1.82) is 5.26 Å². The number of nitrogens with one attached hydrogen (secondary N) is 1. The van der Waals surface area contributed by atoms with Gasteiger partial charge < -0.3 is 24.6 Å². The Morgan fingerprint density at radius 2 is 1.98 bits per heavy atom. The maximum Gasteiger partial charge on any atom is 0.416 e. The molecule has 45 heavy (non-hydrogen) atoms. The Kier molecular flexibility index (Phi) is 9.77. The maximum absolute atomic E-state index is 13.8. The molecule has 0 saturated carbocycles. The molecule has 3 atom stereocenters. The quantitative estimate of drug-likeness (QED) is 0.325.